The molecule has 0 spiro atoms. The summed E-state index contributed by atoms with van der Waals surface area (Å²) in [5, 5.41) is 7.61. The lowest BCUT2D eigenvalue weighted by Crippen LogP contribution is -2.55. The van der Waals surface area contributed by atoms with Crippen molar-refractivity contribution in [1.82, 2.24) is 9.88 Å². The van der Waals surface area contributed by atoms with Gasteiger partial charge in [0.05, 0.1) is 0 Å². The number of amidine groups is 1. The number of anilines is 1. The van der Waals surface area contributed by atoms with E-state index >= 15 is 0 Å². The molecule has 0 aromatic carbocycles. The fourth-order valence-corrected chi connectivity index (χ4v) is 3.33. The lowest BCUT2D eigenvalue weighted by Gasteiger charge is -2.44. The highest BCUT2D eigenvalue weighted by Gasteiger charge is 2.29. The topological polar surface area (TPSA) is 69.2 Å². The highest BCUT2D eigenvalue weighted by Crippen LogP contribution is 2.24. The summed E-state index contributed by atoms with van der Waals surface area (Å²) >= 11 is 0. The summed E-state index contributed by atoms with van der Waals surface area (Å²) in [4.78, 5) is 9.60. The fraction of sp³-hybridized carbons (Fsp3) is 0.600. The molecule has 2 fully saturated rings. The van der Waals surface area contributed by atoms with Gasteiger partial charge in [0.2, 0.25) is 0 Å². The Hall–Kier alpha value is -1.62. The molecular weight excluding hydrogens is 250 g/mol. The van der Waals surface area contributed by atoms with Gasteiger partial charge in [-0.3, -0.25) is 10.3 Å². The Bertz CT molecular complexity index is 513. The molecule has 2 aliphatic rings. The number of piperidine rings is 1. The quantitative estimate of drug-likeness (QED) is 0.630. The molecule has 3 N–H and O–H groups in total. The normalized spacial score (nSPS) is 23.4. The van der Waals surface area contributed by atoms with Crippen molar-refractivity contribution in [2.75, 3.05) is 31.1 Å². The van der Waals surface area contributed by atoms with Crippen LogP contribution in [0.15, 0.2) is 12.1 Å². The van der Waals surface area contributed by atoms with Gasteiger partial charge in [0.1, 0.15) is 11.7 Å². The van der Waals surface area contributed by atoms with E-state index in [4.69, 9.17) is 11.1 Å². The number of fused-ring (bicyclic) bond motifs is 1. The van der Waals surface area contributed by atoms with Crippen LogP contribution in [0.5, 0.6) is 0 Å². The standard InChI is InChI=1S/C15H23N5/c1-11-8-12(15(16)17)9-14(18-11)20-7-6-19-5-3-2-4-13(19)10-20/h8-9,13H,2-7,10H2,1H3,(H3,16,17). The molecule has 0 saturated carbocycles. The van der Waals surface area contributed by atoms with Crippen LogP contribution in [0.3, 0.4) is 0 Å². The molecule has 108 valence electrons. The molecule has 0 radical (unpaired) electrons. The third-order valence-corrected chi connectivity index (χ3v) is 4.41. The smallest absolute Gasteiger partial charge is 0.129 e. The minimum Gasteiger partial charge on any atom is -0.384 e. The first-order valence-electron chi connectivity index (χ1n) is 7.45. The average molecular weight is 273 g/mol. The maximum Gasteiger partial charge on any atom is 0.129 e. The SMILES string of the molecule is Cc1cc(C(=N)N)cc(N2CCN3CCCCC3C2)n1. The van der Waals surface area contributed by atoms with Gasteiger partial charge in [-0.05, 0) is 38.4 Å². The van der Waals surface area contributed by atoms with E-state index in [0.29, 0.717) is 6.04 Å². The Morgan fingerprint density at radius 1 is 1.30 bits per heavy atom. The van der Waals surface area contributed by atoms with E-state index in [-0.39, 0.29) is 5.84 Å². The van der Waals surface area contributed by atoms with Gasteiger partial charge in [0.25, 0.3) is 0 Å². The summed E-state index contributed by atoms with van der Waals surface area (Å²) in [7, 11) is 0. The average Bonchev–Trinajstić information content (AvgIpc) is 2.46. The van der Waals surface area contributed by atoms with Gasteiger partial charge in [-0.1, -0.05) is 6.42 Å². The van der Waals surface area contributed by atoms with Crippen LogP contribution < -0.4 is 10.6 Å². The number of nitrogens with zero attached hydrogens (tertiary/aromatic N) is 3. The lowest BCUT2D eigenvalue weighted by molar-refractivity contribution is 0.133. The second-order valence-corrected chi connectivity index (χ2v) is 5.90. The van der Waals surface area contributed by atoms with Crippen molar-refractivity contribution in [3.05, 3.63) is 23.4 Å². The second kappa shape index (κ2) is 5.40. The minimum absolute atomic E-state index is 0.119. The predicted molar refractivity (Wildman–Crippen MR) is 81.4 cm³/mol. The van der Waals surface area contributed by atoms with Gasteiger partial charge in [-0.25, -0.2) is 4.98 Å². The fourth-order valence-electron chi connectivity index (χ4n) is 3.33. The molecule has 0 bridgehead atoms. The van der Waals surface area contributed by atoms with E-state index in [2.05, 4.69) is 14.8 Å². The number of nitrogens with two attached hydrogens (primary N) is 1. The molecule has 1 aromatic rings. The molecule has 20 heavy (non-hydrogen) atoms. The first-order chi connectivity index (χ1) is 9.63. The van der Waals surface area contributed by atoms with E-state index in [0.717, 1.165) is 36.7 Å². The first kappa shape index (κ1) is 13.4. The van der Waals surface area contributed by atoms with Crippen LogP contribution >= 0.6 is 0 Å². The van der Waals surface area contributed by atoms with Crippen LogP contribution in [-0.4, -0.2) is 47.9 Å². The van der Waals surface area contributed by atoms with E-state index in [1.54, 1.807) is 0 Å². The van der Waals surface area contributed by atoms with Crippen LogP contribution in [0.2, 0.25) is 0 Å². The highest BCUT2D eigenvalue weighted by molar-refractivity contribution is 5.95. The Morgan fingerprint density at radius 2 is 2.15 bits per heavy atom. The molecule has 3 heterocycles. The van der Waals surface area contributed by atoms with Gasteiger partial charge in [-0.15, -0.1) is 0 Å². The number of rotatable bonds is 2. The number of pyridine rings is 1. The summed E-state index contributed by atoms with van der Waals surface area (Å²) in [6, 6.07) is 4.50. The summed E-state index contributed by atoms with van der Waals surface area (Å²) in [6.07, 6.45) is 3.98. The predicted octanol–water partition coefficient (Wildman–Crippen LogP) is 1.35. The monoisotopic (exact) mass is 273 g/mol. The summed E-state index contributed by atoms with van der Waals surface area (Å²) in [5.74, 6) is 1.09. The number of nitrogen functional groups attached to an aromatic ring is 1. The number of hydrogen-bond acceptors (Lipinski definition) is 4. The van der Waals surface area contributed by atoms with Crippen LogP contribution in [0, 0.1) is 12.3 Å². The molecule has 2 saturated heterocycles. The van der Waals surface area contributed by atoms with Crippen molar-refractivity contribution in [2.24, 2.45) is 5.73 Å². The van der Waals surface area contributed by atoms with Crippen molar-refractivity contribution in [2.45, 2.75) is 32.2 Å². The molecule has 1 aromatic heterocycles. The zero-order valence-electron chi connectivity index (χ0n) is 12.1. The number of aromatic nitrogens is 1. The lowest BCUT2D eigenvalue weighted by atomic mass is 9.99. The summed E-state index contributed by atoms with van der Waals surface area (Å²) in [6.45, 7) is 6.40. The van der Waals surface area contributed by atoms with Crippen molar-refractivity contribution in [1.29, 1.82) is 5.41 Å². The van der Waals surface area contributed by atoms with Crippen LogP contribution in [-0.2, 0) is 0 Å². The van der Waals surface area contributed by atoms with E-state index in [9.17, 15) is 0 Å². The largest absolute Gasteiger partial charge is 0.384 e. The van der Waals surface area contributed by atoms with Crippen LogP contribution in [0.25, 0.3) is 0 Å². The third-order valence-electron chi connectivity index (χ3n) is 4.41. The van der Waals surface area contributed by atoms with Crippen LogP contribution in [0.1, 0.15) is 30.5 Å². The molecule has 5 heteroatoms. The van der Waals surface area contributed by atoms with Gasteiger partial charge in [0, 0.05) is 36.9 Å². The van der Waals surface area contributed by atoms with Gasteiger partial charge >= 0.3 is 0 Å². The van der Waals surface area contributed by atoms with Crippen molar-refractivity contribution in [3.8, 4) is 0 Å². The van der Waals surface area contributed by atoms with Gasteiger partial charge in [0.15, 0.2) is 0 Å². The van der Waals surface area contributed by atoms with Crippen molar-refractivity contribution in [3.63, 3.8) is 0 Å². The van der Waals surface area contributed by atoms with Crippen molar-refractivity contribution < 1.29 is 0 Å². The summed E-state index contributed by atoms with van der Waals surface area (Å²) < 4.78 is 0. The molecule has 0 aliphatic carbocycles. The number of aryl methyl sites for hydroxylation is 1. The zero-order chi connectivity index (χ0) is 14.1. The van der Waals surface area contributed by atoms with Crippen LogP contribution in [0.4, 0.5) is 5.82 Å². The maximum atomic E-state index is 7.61. The van der Waals surface area contributed by atoms with Gasteiger partial charge < -0.3 is 10.6 Å². The minimum atomic E-state index is 0.119. The second-order valence-electron chi connectivity index (χ2n) is 5.90. The molecule has 1 unspecified atom stereocenters. The molecule has 0 amide bonds. The highest BCUT2D eigenvalue weighted by atomic mass is 15.3. The Balaban J connectivity index is 1.80. The molecule has 2 aliphatic heterocycles. The van der Waals surface area contributed by atoms with Gasteiger partial charge in [-0.2, -0.15) is 0 Å². The zero-order valence-corrected chi connectivity index (χ0v) is 12.1. The Labute approximate surface area is 120 Å². The van der Waals surface area contributed by atoms with Crippen molar-refractivity contribution >= 4 is 11.7 Å². The van der Waals surface area contributed by atoms with E-state index in [1.807, 2.05) is 19.1 Å². The molecule has 1 atom stereocenters. The third kappa shape index (κ3) is 2.63. The summed E-state index contributed by atoms with van der Waals surface area (Å²) in [5.41, 5.74) is 7.32. The Morgan fingerprint density at radius 3 is 2.95 bits per heavy atom. The number of nitrogens with one attached hydrogen (secondary N) is 1. The molecule has 3 rings (SSSR count). The first-order valence-corrected chi connectivity index (χ1v) is 7.45. The van der Waals surface area contributed by atoms with E-state index in [1.165, 1.54) is 25.8 Å². The van der Waals surface area contributed by atoms with E-state index < -0.39 is 0 Å². The molecular formula is C15H23N5. The maximum absolute atomic E-state index is 7.61. The Kier molecular flexibility index (Phi) is 3.61. The molecule has 5 nitrogen and oxygen atoms in total. The number of hydrogen-bond donors (Lipinski definition) is 2. The number of piperazine rings is 1.